The van der Waals surface area contributed by atoms with Crippen molar-refractivity contribution >= 4 is 5.97 Å². The average Bonchev–Trinajstić information content (AvgIpc) is 2.88. The fourth-order valence-corrected chi connectivity index (χ4v) is 7.74. The second-order valence-electron chi connectivity index (χ2n) is 9.51. The molecule has 0 heterocycles. The summed E-state index contributed by atoms with van der Waals surface area (Å²) in [6.07, 6.45) is 13.5. The summed E-state index contributed by atoms with van der Waals surface area (Å²) in [6, 6.07) is 0. The molecule has 4 saturated carbocycles. The first-order valence-electron chi connectivity index (χ1n) is 9.66. The zero-order chi connectivity index (χ0) is 15.6. The van der Waals surface area contributed by atoms with Crippen LogP contribution in [0.4, 0.5) is 0 Å². The monoisotopic (exact) mass is 304 g/mol. The molecule has 4 rings (SSSR count). The minimum Gasteiger partial charge on any atom is -0.481 e. The van der Waals surface area contributed by atoms with Gasteiger partial charge < -0.3 is 5.11 Å². The van der Waals surface area contributed by atoms with E-state index in [2.05, 4.69) is 13.8 Å². The fourth-order valence-electron chi connectivity index (χ4n) is 7.74. The first-order valence-corrected chi connectivity index (χ1v) is 9.66. The molecule has 0 saturated heterocycles. The summed E-state index contributed by atoms with van der Waals surface area (Å²) >= 11 is 0. The second kappa shape index (κ2) is 4.74. The number of aliphatic carboxylic acids is 1. The van der Waals surface area contributed by atoms with Crippen LogP contribution in [0.1, 0.15) is 84.5 Å². The molecule has 4 fully saturated rings. The average molecular weight is 304 g/mol. The summed E-state index contributed by atoms with van der Waals surface area (Å²) < 4.78 is 0. The van der Waals surface area contributed by atoms with Gasteiger partial charge in [0.25, 0.3) is 0 Å². The third-order valence-electron chi connectivity index (χ3n) is 8.99. The van der Waals surface area contributed by atoms with Crippen LogP contribution >= 0.6 is 0 Å². The Morgan fingerprint density at radius 3 is 2.41 bits per heavy atom. The zero-order valence-electron chi connectivity index (χ0n) is 14.4. The quantitative estimate of drug-likeness (QED) is 0.717. The van der Waals surface area contributed by atoms with Gasteiger partial charge in [0.2, 0.25) is 0 Å². The first-order chi connectivity index (χ1) is 10.4. The van der Waals surface area contributed by atoms with E-state index in [9.17, 15) is 9.90 Å². The topological polar surface area (TPSA) is 37.3 Å². The molecule has 2 heteroatoms. The van der Waals surface area contributed by atoms with E-state index in [0.717, 1.165) is 37.5 Å². The van der Waals surface area contributed by atoms with Crippen LogP contribution in [0.15, 0.2) is 0 Å². The molecule has 0 aromatic carbocycles. The highest BCUT2D eigenvalue weighted by Crippen LogP contribution is 2.69. The van der Waals surface area contributed by atoms with Crippen molar-refractivity contribution in [2.24, 2.45) is 34.0 Å². The molecule has 4 aliphatic rings. The number of fused-ring (bicyclic) bond motifs is 5. The van der Waals surface area contributed by atoms with Crippen molar-refractivity contribution in [3.63, 3.8) is 0 Å². The molecule has 22 heavy (non-hydrogen) atoms. The number of hydrogen-bond acceptors (Lipinski definition) is 1. The highest BCUT2D eigenvalue weighted by Gasteiger charge is 2.65. The Morgan fingerprint density at radius 1 is 0.864 bits per heavy atom. The summed E-state index contributed by atoms with van der Waals surface area (Å²) in [7, 11) is 0. The smallest absolute Gasteiger partial charge is 0.310 e. The number of rotatable bonds is 1. The van der Waals surface area contributed by atoms with Crippen molar-refractivity contribution < 1.29 is 9.90 Å². The Morgan fingerprint density at radius 2 is 1.64 bits per heavy atom. The Balaban J connectivity index is 1.72. The largest absolute Gasteiger partial charge is 0.481 e. The number of hydrogen-bond donors (Lipinski definition) is 1. The lowest BCUT2D eigenvalue weighted by Gasteiger charge is -2.63. The molecule has 2 nitrogen and oxygen atoms in total. The molecule has 0 bridgehead atoms. The third kappa shape index (κ3) is 1.70. The van der Waals surface area contributed by atoms with Crippen molar-refractivity contribution in [3.05, 3.63) is 0 Å². The summed E-state index contributed by atoms with van der Waals surface area (Å²) in [4.78, 5) is 12.3. The molecular formula is C20H32O2. The van der Waals surface area contributed by atoms with Gasteiger partial charge in [0.05, 0.1) is 5.41 Å². The predicted octanol–water partition coefficient (Wildman–Crippen LogP) is 5.26. The van der Waals surface area contributed by atoms with E-state index < -0.39 is 11.4 Å². The van der Waals surface area contributed by atoms with Crippen molar-refractivity contribution in [2.45, 2.75) is 84.5 Å². The molecule has 0 amide bonds. The van der Waals surface area contributed by atoms with Crippen molar-refractivity contribution in [2.75, 3.05) is 0 Å². The number of carboxylic acids is 1. The Kier molecular flexibility index (Phi) is 3.24. The van der Waals surface area contributed by atoms with Crippen LogP contribution in [-0.4, -0.2) is 11.1 Å². The molecule has 0 radical (unpaired) electrons. The third-order valence-corrected chi connectivity index (χ3v) is 8.99. The maximum absolute atomic E-state index is 12.3. The van der Waals surface area contributed by atoms with E-state index in [4.69, 9.17) is 0 Å². The van der Waals surface area contributed by atoms with Gasteiger partial charge in [-0.05, 0) is 80.0 Å². The molecule has 0 aromatic heterocycles. The second-order valence-corrected chi connectivity index (χ2v) is 9.51. The van der Waals surface area contributed by atoms with E-state index in [1.807, 2.05) is 0 Å². The van der Waals surface area contributed by atoms with Gasteiger partial charge in [-0.2, -0.15) is 0 Å². The zero-order valence-corrected chi connectivity index (χ0v) is 14.4. The van der Waals surface area contributed by atoms with Crippen LogP contribution in [0, 0.1) is 34.0 Å². The van der Waals surface area contributed by atoms with Gasteiger partial charge in [0, 0.05) is 0 Å². The Bertz CT molecular complexity index is 486. The Hall–Kier alpha value is -0.530. The van der Waals surface area contributed by atoms with Crippen LogP contribution in [0.2, 0.25) is 0 Å². The van der Waals surface area contributed by atoms with E-state index in [1.54, 1.807) is 0 Å². The Labute approximate surface area is 135 Å². The first kappa shape index (κ1) is 15.0. The summed E-state index contributed by atoms with van der Waals surface area (Å²) in [5.41, 5.74) is 0.234. The van der Waals surface area contributed by atoms with Crippen LogP contribution in [0.5, 0.6) is 0 Å². The van der Waals surface area contributed by atoms with Gasteiger partial charge in [-0.25, -0.2) is 0 Å². The SMILES string of the molecule is C[C@@]12CCC[C@H]1[C@@H]1CCC3(C(=O)O)CCCC[C@]3(C)[C@H]1CC2. The van der Waals surface area contributed by atoms with Crippen molar-refractivity contribution in [1.82, 2.24) is 0 Å². The van der Waals surface area contributed by atoms with E-state index in [1.165, 1.54) is 44.9 Å². The van der Waals surface area contributed by atoms with Crippen LogP contribution in [0.3, 0.4) is 0 Å². The maximum atomic E-state index is 12.3. The van der Waals surface area contributed by atoms with Gasteiger partial charge in [0.1, 0.15) is 0 Å². The summed E-state index contributed by atoms with van der Waals surface area (Å²) in [5.74, 6) is 1.90. The van der Waals surface area contributed by atoms with Crippen LogP contribution in [-0.2, 0) is 4.79 Å². The molecule has 0 spiro atoms. The molecule has 124 valence electrons. The standard InChI is InChI=1S/C20H32O2/c1-18-9-5-6-15(18)14-7-13-20(17(21)22)11-4-3-10-19(20,2)16(14)8-12-18/h14-16H,3-13H2,1-2H3,(H,21,22)/t14-,15-,16-,18-,19+,20?/m0/s1. The minimum atomic E-state index is -0.479. The summed E-state index contributed by atoms with van der Waals surface area (Å²) in [6.45, 7) is 4.90. The van der Waals surface area contributed by atoms with Gasteiger partial charge in [0.15, 0.2) is 0 Å². The number of carboxylic acid groups (broad SMARTS) is 1. The van der Waals surface area contributed by atoms with Gasteiger partial charge >= 0.3 is 5.97 Å². The molecule has 0 aromatic rings. The van der Waals surface area contributed by atoms with Crippen molar-refractivity contribution in [3.8, 4) is 0 Å². The van der Waals surface area contributed by atoms with E-state index >= 15 is 0 Å². The molecular weight excluding hydrogens is 272 g/mol. The van der Waals surface area contributed by atoms with Crippen LogP contribution in [0.25, 0.3) is 0 Å². The lowest BCUT2D eigenvalue weighted by atomic mass is 9.40. The normalized spacial score (nSPS) is 54.2. The van der Waals surface area contributed by atoms with Gasteiger partial charge in [-0.1, -0.05) is 33.1 Å². The predicted molar refractivity (Wildman–Crippen MR) is 87.5 cm³/mol. The minimum absolute atomic E-state index is 0.0594. The molecule has 4 aliphatic carbocycles. The van der Waals surface area contributed by atoms with Gasteiger partial charge in [-0.15, -0.1) is 0 Å². The molecule has 0 aliphatic heterocycles. The molecule has 1 N–H and O–H groups in total. The number of carbonyl (C=O) groups is 1. The maximum Gasteiger partial charge on any atom is 0.310 e. The molecule has 6 atom stereocenters. The highest BCUT2D eigenvalue weighted by atomic mass is 16.4. The summed E-state index contributed by atoms with van der Waals surface area (Å²) in [5, 5.41) is 10.1. The lowest BCUT2D eigenvalue weighted by molar-refractivity contribution is -0.191. The lowest BCUT2D eigenvalue weighted by Crippen LogP contribution is -2.60. The van der Waals surface area contributed by atoms with E-state index in [0.29, 0.717) is 11.3 Å². The van der Waals surface area contributed by atoms with Crippen molar-refractivity contribution in [1.29, 1.82) is 0 Å². The van der Waals surface area contributed by atoms with E-state index in [-0.39, 0.29) is 5.41 Å². The fraction of sp³-hybridized carbons (Fsp3) is 0.950. The van der Waals surface area contributed by atoms with Gasteiger partial charge in [-0.3, -0.25) is 4.79 Å². The molecule has 1 unspecified atom stereocenters. The van der Waals surface area contributed by atoms with Crippen LogP contribution < -0.4 is 0 Å². The highest BCUT2D eigenvalue weighted by molar-refractivity contribution is 5.76.